The van der Waals surface area contributed by atoms with Gasteiger partial charge in [-0.2, -0.15) is 0 Å². The highest BCUT2D eigenvalue weighted by molar-refractivity contribution is 6.06. The van der Waals surface area contributed by atoms with E-state index in [2.05, 4.69) is 19.1 Å². The summed E-state index contributed by atoms with van der Waals surface area (Å²) in [5, 5.41) is 13.4. The zero-order valence-electron chi connectivity index (χ0n) is 11.8. The van der Waals surface area contributed by atoms with Crippen LogP contribution in [0.2, 0.25) is 0 Å². The number of rotatable bonds is 3. The third-order valence-corrected chi connectivity index (χ3v) is 4.01. The van der Waals surface area contributed by atoms with Gasteiger partial charge in [0, 0.05) is 6.04 Å². The summed E-state index contributed by atoms with van der Waals surface area (Å²) in [7, 11) is 0. The summed E-state index contributed by atoms with van der Waals surface area (Å²) >= 11 is 0. The van der Waals surface area contributed by atoms with Gasteiger partial charge in [0.15, 0.2) is 0 Å². The Morgan fingerprint density at radius 2 is 1.43 bits per heavy atom. The van der Waals surface area contributed by atoms with Crippen LogP contribution in [0.1, 0.15) is 23.6 Å². The molecule has 1 atom stereocenters. The first-order chi connectivity index (χ1) is 10.1. The molecule has 0 heterocycles. The highest BCUT2D eigenvalue weighted by Crippen LogP contribution is 2.35. The zero-order chi connectivity index (χ0) is 15.0. The fraction of sp³-hybridized carbons (Fsp3) is 0.167. The standard InChI is InChI=1S/C18H17NO2/c1-11-12-6-2-4-8-14(12)18(16(19)10-17(20)21)15-9-5-3-7-13(11)15/h2-9,16H,10,19H2,1H3,(H,20,21). The van der Waals surface area contributed by atoms with Crippen molar-refractivity contribution in [3.05, 3.63) is 59.7 Å². The van der Waals surface area contributed by atoms with Crippen molar-refractivity contribution >= 4 is 27.5 Å². The van der Waals surface area contributed by atoms with Gasteiger partial charge in [-0.1, -0.05) is 48.5 Å². The smallest absolute Gasteiger partial charge is 0.305 e. The van der Waals surface area contributed by atoms with E-state index in [9.17, 15) is 4.79 Å². The predicted octanol–water partition coefficient (Wildman–Crippen LogP) is 3.78. The molecule has 3 nitrogen and oxygen atoms in total. The van der Waals surface area contributed by atoms with Gasteiger partial charge in [0.2, 0.25) is 0 Å². The lowest BCUT2D eigenvalue weighted by atomic mass is 9.88. The van der Waals surface area contributed by atoms with Crippen LogP contribution < -0.4 is 5.73 Å². The number of carboxylic acid groups (broad SMARTS) is 1. The second kappa shape index (κ2) is 5.19. The Labute approximate surface area is 123 Å². The zero-order valence-corrected chi connectivity index (χ0v) is 11.8. The highest BCUT2D eigenvalue weighted by Gasteiger charge is 2.18. The van der Waals surface area contributed by atoms with Crippen molar-refractivity contribution in [3.8, 4) is 0 Å². The van der Waals surface area contributed by atoms with Crippen LogP contribution in [-0.4, -0.2) is 11.1 Å². The van der Waals surface area contributed by atoms with Gasteiger partial charge < -0.3 is 10.8 Å². The molecule has 0 aliphatic rings. The van der Waals surface area contributed by atoms with Gasteiger partial charge in [0.05, 0.1) is 6.42 Å². The summed E-state index contributed by atoms with van der Waals surface area (Å²) < 4.78 is 0. The molecule has 3 rings (SSSR count). The second-order valence-corrected chi connectivity index (χ2v) is 5.33. The van der Waals surface area contributed by atoms with Gasteiger partial charge in [-0.25, -0.2) is 0 Å². The lowest BCUT2D eigenvalue weighted by molar-refractivity contribution is -0.137. The Morgan fingerprint density at radius 1 is 1.00 bits per heavy atom. The first-order valence-electron chi connectivity index (χ1n) is 6.97. The van der Waals surface area contributed by atoms with Crippen molar-refractivity contribution in [2.45, 2.75) is 19.4 Å². The molecule has 0 saturated heterocycles. The summed E-state index contributed by atoms with van der Waals surface area (Å²) in [6, 6.07) is 15.6. The maximum atomic E-state index is 11.0. The van der Waals surface area contributed by atoms with Gasteiger partial charge in [-0.15, -0.1) is 0 Å². The van der Waals surface area contributed by atoms with Crippen molar-refractivity contribution in [2.24, 2.45) is 5.73 Å². The SMILES string of the molecule is Cc1c2ccccc2c(C(N)CC(=O)O)c2ccccc12. The van der Waals surface area contributed by atoms with E-state index < -0.39 is 12.0 Å². The summed E-state index contributed by atoms with van der Waals surface area (Å²) in [6.07, 6.45) is -0.0724. The van der Waals surface area contributed by atoms with Crippen LogP contribution in [0.4, 0.5) is 0 Å². The van der Waals surface area contributed by atoms with E-state index in [1.807, 2.05) is 36.4 Å². The lowest BCUT2D eigenvalue weighted by Crippen LogP contribution is -2.16. The fourth-order valence-corrected chi connectivity index (χ4v) is 3.07. The molecule has 0 aliphatic heterocycles. The average Bonchev–Trinajstić information content (AvgIpc) is 2.47. The minimum Gasteiger partial charge on any atom is -0.481 e. The molecule has 0 bridgehead atoms. The van der Waals surface area contributed by atoms with Gasteiger partial charge >= 0.3 is 5.97 Å². The number of carbonyl (C=O) groups is 1. The van der Waals surface area contributed by atoms with Gasteiger partial charge in [0.1, 0.15) is 0 Å². The third-order valence-electron chi connectivity index (χ3n) is 4.01. The third kappa shape index (κ3) is 2.26. The molecule has 0 aliphatic carbocycles. The first kappa shape index (κ1) is 13.6. The van der Waals surface area contributed by atoms with Crippen LogP contribution in [0.5, 0.6) is 0 Å². The number of hydrogen-bond acceptors (Lipinski definition) is 2. The Bertz CT molecular complexity index is 782. The monoisotopic (exact) mass is 279 g/mol. The quantitative estimate of drug-likeness (QED) is 0.717. The molecule has 0 saturated carbocycles. The van der Waals surface area contributed by atoms with Crippen LogP contribution in [0.3, 0.4) is 0 Å². The molecule has 3 aromatic rings. The molecule has 0 radical (unpaired) electrons. The summed E-state index contributed by atoms with van der Waals surface area (Å²) in [5.41, 5.74) is 8.32. The van der Waals surface area contributed by atoms with Crippen molar-refractivity contribution in [1.82, 2.24) is 0 Å². The molecular weight excluding hydrogens is 262 g/mol. The average molecular weight is 279 g/mol. The van der Waals surface area contributed by atoms with Crippen LogP contribution in [0.15, 0.2) is 48.5 Å². The molecule has 0 aromatic heterocycles. The molecule has 3 aromatic carbocycles. The number of carboxylic acids is 1. The minimum absolute atomic E-state index is 0.0724. The molecule has 0 spiro atoms. The molecular formula is C18H17NO2. The van der Waals surface area contributed by atoms with Crippen LogP contribution in [0, 0.1) is 6.92 Å². The van der Waals surface area contributed by atoms with E-state index in [-0.39, 0.29) is 6.42 Å². The molecule has 21 heavy (non-hydrogen) atoms. The fourth-order valence-electron chi connectivity index (χ4n) is 3.07. The Balaban J connectivity index is 2.42. The number of nitrogens with two attached hydrogens (primary N) is 1. The molecule has 106 valence electrons. The van der Waals surface area contributed by atoms with Crippen molar-refractivity contribution in [3.63, 3.8) is 0 Å². The number of benzene rings is 3. The van der Waals surface area contributed by atoms with Crippen LogP contribution in [-0.2, 0) is 4.79 Å². The summed E-state index contributed by atoms with van der Waals surface area (Å²) in [4.78, 5) is 11.0. The predicted molar refractivity (Wildman–Crippen MR) is 85.4 cm³/mol. The van der Waals surface area contributed by atoms with Crippen LogP contribution in [0.25, 0.3) is 21.5 Å². The largest absolute Gasteiger partial charge is 0.481 e. The van der Waals surface area contributed by atoms with E-state index in [1.165, 1.54) is 5.56 Å². The van der Waals surface area contributed by atoms with E-state index >= 15 is 0 Å². The Morgan fingerprint density at radius 3 is 1.86 bits per heavy atom. The number of aryl methyl sites for hydroxylation is 1. The normalized spacial score (nSPS) is 12.7. The number of hydrogen-bond donors (Lipinski definition) is 2. The van der Waals surface area contributed by atoms with Gasteiger partial charge in [0.25, 0.3) is 0 Å². The maximum absolute atomic E-state index is 11.0. The van der Waals surface area contributed by atoms with Gasteiger partial charge in [-0.3, -0.25) is 4.79 Å². The highest BCUT2D eigenvalue weighted by atomic mass is 16.4. The van der Waals surface area contributed by atoms with E-state index in [0.29, 0.717) is 0 Å². The second-order valence-electron chi connectivity index (χ2n) is 5.33. The topological polar surface area (TPSA) is 63.3 Å². The van der Waals surface area contributed by atoms with E-state index in [4.69, 9.17) is 10.8 Å². The molecule has 3 N–H and O–H groups in total. The summed E-state index contributed by atoms with van der Waals surface area (Å²) in [5.74, 6) is -0.878. The van der Waals surface area contributed by atoms with Crippen LogP contribution >= 0.6 is 0 Å². The van der Waals surface area contributed by atoms with Crippen molar-refractivity contribution < 1.29 is 9.90 Å². The molecule has 0 fully saturated rings. The first-order valence-corrected chi connectivity index (χ1v) is 6.97. The number of fused-ring (bicyclic) bond motifs is 2. The van der Waals surface area contributed by atoms with E-state index in [0.717, 1.165) is 27.1 Å². The van der Waals surface area contributed by atoms with E-state index in [1.54, 1.807) is 0 Å². The molecule has 1 unspecified atom stereocenters. The number of aliphatic carboxylic acids is 1. The van der Waals surface area contributed by atoms with Crippen molar-refractivity contribution in [1.29, 1.82) is 0 Å². The maximum Gasteiger partial charge on any atom is 0.305 e. The Kier molecular flexibility index (Phi) is 3.35. The van der Waals surface area contributed by atoms with Gasteiger partial charge in [-0.05, 0) is 39.6 Å². The van der Waals surface area contributed by atoms with Crippen molar-refractivity contribution in [2.75, 3.05) is 0 Å². The summed E-state index contributed by atoms with van der Waals surface area (Å²) in [6.45, 7) is 2.09. The minimum atomic E-state index is -0.878. The molecule has 0 amide bonds. The molecule has 3 heteroatoms. The lowest BCUT2D eigenvalue weighted by Gasteiger charge is -2.18. The Hall–Kier alpha value is -2.39.